The number of benzene rings is 3. The topological polar surface area (TPSA) is 32.8 Å². The minimum absolute atomic E-state index is 0.125. The van der Waals surface area contributed by atoms with Crippen molar-refractivity contribution in [2.24, 2.45) is 0 Å². The van der Waals surface area contributed by atoms with Crippen LogP contribution >= 0.6 is 0 Å². The second-order valence-corrected chi connectivity index (χ2v) is 9.12. The Labute approximate surface area is 194 Å². The van der Waals surface area contributed by atoms with Gasteiger partial charge in [0.2, 0.25) is 5.91 Å². The van der Waals surface area contributed by atoms with Crippen LogP contribution < -0.4 is 14.5 Å². The van der Waals surface area contributed by atoms with Gasteiger partial charge in [0.1, 0.15) is 5.75 Å². The molecule has 1 heterocycles. The van der Waals surface area contributed by atoms with Crippen LogP contribution in [0.25, 0.3) is 16.3 Å². The molecule has 3 aliphatic rings. The summed E-state index contributed by atoms with van der Waals surface area (Å²) in [6.07, 6.45) is 9.32. The number of piperazine rings is 1. The van der Waals surface area contributed by atoms with Crippen LogP contribution in [0.3, 0.4) is 0 Å². The average Bonchev–Trinajstić information content (AvgIpc) is 2.88. The Balaban J connectivity index is 1.25. The third-order valence-electron chi connectivity index (χ3n) is 7.33. The van der Waals surface area contributed by atoms with E-state index in [4.69, 9.17) is 4.74 Å². The summed E-state index contributed by atoms with van der Waals surface area (Å²) < 4.78 is 5.24. The number of methoxy groups -OCH3 is 1. The number of carbonyl (C=O) groups excluding carboxylic acids is 1. The highest BCUT2D eigenvalue weighted by Crippen LogP contribution is 2.40. The first-order chi connectivity index (χ1) is 16.2. The fourth-order valence-corrected chi connectivity index (χ4v) is 5.56. The quantitative estimate of drug-likeness (QED) is 0.524. The van der Waals surface area contributed by atoms with Gasteiger partial charge in [-0.05, 0) is 89.6 Å². The second-order valence-electron chi connectivity index (χ2n) is 9.12. The maximum atomic E-state index is 13.0. The van der Waals surface area contributed by atoms with Crippen molar-refractivity contribution in [1.82, 2.24) is 0 Å². The summed E-state index contributed by atoms with van der Waals surface area (Å²) in [6.45, 7) is 1.88. The van der Waals surface area contributed by atoms with Crippen LogP contribution in [0.1, 0.15) is 30.4 Å². The first-order valence-corrected chi connectivity index (χ1v) is 11.9. The lowest BCUT2D eigenvalue weighted by atomic mass is 9.79. The zero-order valence-corrected chi connectivity index (χ0v) is 19.0. The van der Waals surface area contributed by atoms with Gasteiger partial charge in [-0.3, -0.25) is 4.79 Å². The summed E-state index contributed by atoms with van der Waals surface area (Å²) in [7, 11) is 1.65. The van der Waals surface area contributed by atoms with Crippen LogP contribution in [0.2, 0.25) is 0 Å². The summed E-state index contributed by atoms with van der Waals surface area (Å²) in [4.78, 5) is 17.0. The molecule has 0 aromatic heterocycles. The molecule has 6 rings (SSSR count). The Hall–Kier alpha value is -3.53. The molecule has 33 heavy (non-hydrogen) atoms. The fourth-order valence-electron chi connectivity index (χ4n) is 5.56. The van der Waals surface area contributed by atoms with Crippen molar-refractivity contribution in [3.63, 3.8) is 0 Å². The van der Waals surface area contributed by atoms with E-state index in [9.17, 15) is 4.79 Å². The Morgan fingerprint density at radius 1 is 0.879 bits per heavy atom. The van der Waals surface area contributed by atoms with E-state index < -0.39 is 0 Å². The molecule has 3 aromatic rings. The van der Waals surface area contributed by atoms with Gasteiger partial charge in [-0.25, -0.2) is 0 Å². The Morgan fingerprint density at radius 2 is 1.73 bits per heavy atom. The lowest BCUT2D eigenvalue weighted by Gasteiger charge is -2.36. The fraction of sp³-hybridized carbons (Fsp3) is 0.276. The summed E-state index contributed by atoms with van der Waals surface area (Å²) >= 11 is 0. The molecule has 0 radical (unpaired) electrons. The third kappa shape index (κ3) is 3.50. The first kappa shape index (κ1) is 20.1. The summed E-state index contributed by atoms with van der Waals surface area (Å²) in [5.74, 6) is 0.927. The maximum absolute atomic E-state index is 13.0. The molecule has 1 amide bonds. The Morgan fingerprint density at radius 3 is 2.55 bits per heavy atom. The van der Waals surface area contributed by atoms with E-state index in [1.54, 1.807) is 12.7 Å². The molecule has 1 fully saturated rings. The molecule has 166 valence electrons. The van der Waals surface area contributed by atoms with Crippen molar-refractivity contribution in [3.8, 4) is 5.75 Å². The number of nitrogens with zero attached hydrogens (tertiary/aromatic N) is 2. The Bertz CT molecular complexity index is 1300. The second kappa shape index (κ2) is 8.11. The van der Waals surface area contributed by atoms with Gasteiger partial charge in [-0.2, -0.15) is 0 Å². The van der Waals surface area contributed by atoms with E-state index in [0.29, 0.717) is 13.1 Å². The molecular weight excluding hydrogens is 408 g/mol. The molecule has 0 bridgehead atoms. The highest BCUT2D eigenvalue weighted by atomic mass is 16.5. The van der Waals surface area contributed by atoms with Crippen molar-refractivity contribution in [1.29, 1.82) is 0 Å². The molecule has 0 saturated carbocycles. The van der Waals surface area contributed by atoms with Crippen LogP contribution in [-0.4, -0.2) is 32.7 Å². The SMILES string of the molecule is COc1ccc(N2CCN(c3ccc4c5c(ccc4c3)C3=C(CCC=C3)CC5)CC2=O)cc1. The van der Waals surface area contributed by atoms with Crippen LogP contribution in [0, 0.1) is 0 Å². The number of hydrogen-bond acceptors (Lipinski definition) is 3. The molecule has 1 aliphatic heterocycles. The van der Waals surface area contributed by atoms with Gasteiger partial charge < -0.3 is 14.5 Å². The van der Waals surface area contributed by atoms with E-state index in [0.717, 1.165) is 30.1 Å². The molecular formula is C29H28N2O2. The van der Waals surface area contributed by atoms with Crippen LogP contribution in [0.5, 0.6) is 5.75 Å². The number of anilines is 2. The van der Waals surface area contributed by atoms with E-state index in [1.807, 2.05) is 29.2 Å². The minimum Gasteiger partial charge on any atom is -0.497 e. The summed E-state index contributed by atoms with van der Waals surface area (Å²) in [6, 6.07) is 19.0. The molecule has 0 atom stereocenters. The van der Waals surface area contributed by atoms with Gasteiger partial charge in [-0.1, -0.05) is 35.9 Å². The first-order valence-electron chi connectivity index (χ1n) is 11.9. The maximum Gasteiger partial charge on any atom is 0.246 e. The third-order valence-corrected chi connectivity index (χ3v) is 7.33. The number of amides is 1. The van der Waals surface area contributed by atoms with Gasteiger partial charge in [-0.15, -0.1) is 0 Å². The largest absolute Gasteiger partial charge is 0.497 e. The predicted octanol–water partition coefficient (Wildman–Crippen LogP) is 5.75. The smallest absolute Gasteiger partial charge is 0.246 e. The van der Waals surface area contributed by atoms with E-state index in [1.165, 1.54) is 46.7 Å². The molecule has 1 saturated heterocycles. The zero-order chi connectivity index (χ0) is 22.4. The highest BCUT2D eigenvalue weighted by Gasteiger charge is 2.26. The number of ether oxygens (including phenoxy) is 1. The van der Waals surface area contributed by atoms with Crippen molar-refractivity contribution in [2.45, 2.75) is 25.7 Å². The minimum atomic E-state index is 0.125. The average molecular weight is 437 g/mol. The number of aryl methyl sites for hydroxylation is 1. The van der Waals surface area contributed by atoms with Gasteiger partial charge in [0, 0.05) is 24.5 Å². The van der Waals surface area contributed by atoms with E-state index >= 15 is 0 Å². The molecule has 4 nitrogen and oxygen atoms in total. The van der Waals surface area contributed by atoms with Gasteiger partial charge in [0.15, 0.2) is 0 Å². The van der Waals surface area contributed by atoms with Crippen LogP contribution in [-0.2, 0) is 11.2 Å². The number of carbonyl (C=O) groups is 1. The molecule has 2 aliphatic carbocycles. The highest BCUT2D eigenvalue weighted by molar-refractivity contribution is 5.99. The number of rotatable bonds is 3. The number of allylic oxidation sites excluding steroid dienone is 4. The molecule has 4 heteroatoms. The lowest BCUT2D eigenvalue weighted by molar-refractivity contribution is -0.117. The summed E-state index contributed by atoms with van der Waals surface area (Å²) in [5.41, 5.74) is 8.01. The molecule has 0 unspecified atom stereocenters. The van der Waals surface area contributed by atoms with Crippen molar-refractivity contribution in [3.05, 3.63) is 83.4 Å². The van der Waals surface area contributed by atoms with Gasteiger partial charge in [0.05, 0.1) is 13.7 Å². The van der Waals surface area contributed by atoms with Gasteiger partial charge >= 0.3 is 0 Å². The van der Waals surface area contributed by atoms with Gasteiger partial charge in [0.25, 0.3) is 0 Å². The normalized spacial score (nSPS) is 17.9. The molecule has 3 aromatic carbocycles. The van der Waals surface area contributed by atoms with E-state index in [2.05, 4.69) is 47.4 Å². The zero-order valence-electron chi connectivity index (χ0n) is 19.0. The van der Waals surface area contributed by atoms with Crippen molar-refractivity contribution >= 4 is 33.6 Å². The molecule has 0 spiro atoms. The van der Waals surface area contributed by atoms with Crippen LogP contribution in [0.15, 0.2) is 72.3 Å². The number of hydrogen-bond donors (Lipinski definition) is 0. The van der Waals surface area contributed by atoms with Crippen LogP contribution in [0.4, 0.5) is 11.4 Å². The van der Waals surface area contributed by atoms with Crippen molar-refractivity contribution < 1.29 is 9.53 Å². The molecule has 0 N–H and O–H groups in total. The standard InChI is InChI=1S/C29H28N2O2/c1-33-24-11-8-22(9-12-24)31-17-16-30(19-29(31)32)23-10-15-26-21(18-23)7-14-27-25-5-3-2-4-20(25)6-13-28(26)27/h3,5,7-12,14-15,18H,2,4,6,13,16-17,19H2,1H3. The monoisotopic (exact) mass is 436 g/mol. The summed E-state index contributed by atoms with van der Waals surface area (Å²) in [5, 5.41) is 2.62. The van der Waals surface area contributed by atoms with E-state index in [-0.39, 0.29) is 5.91 Å². The predicted molar refractivity (Wildman–Crippen MR) is 135 cm³/mol. The lowest BCUT2D eigenvalue weighted by Crippen LogP contribution is -2.50. The number of fused-ring (bicyclic) bond motifs is 4. The van der Waals surface area contributed by atoms with Crippen molar-refractivity contribution in [2.75, 3.05) is 36.5 Å². The Kier molecular flexibility index (Phi) is 4.94.